The zero-order chi connectivity index (χ0) is 14.6. The number of likely N-dealkylation sites (tertiary alicyclic amines) is 1. The molecular weight excluding hydrogens is 254 g/mol. The Morgan fingerprint density at radius 3 is 2.70 bits per heavy atom. The molecule has 1 aliphatic rings. The fourth-order valence-electron chi connectivity index (χ4n) is 3.07. The van der Waals surface area contributed by atoms with Crippen molar-refractivity contribution in [1.29, 1.82) is 0 Å². The van der Waals surface area contributed by atoms with E-state index < -0.39 is 0 Å². The van der Waals surface area contributed by atoms with Gasteiger partial charge in [-0.05, 0) is 18.9 Å². The molecule has 1 saturated heterocycles. The highest BCUT2D eigenvalue weighted by atomic mass is 16.5. The van der Waals surface area contributed by atoms with Gasteiger partial charge in [0.15, 0.2) is 0 Å². The van der Waals surface area contributed by atoms with Gasteiger partial charge in [0.1, 0.15) is 0 Å². The van der Waals surface area contributed by atoms with Gasteiger partial charge in [-0.25, -0.2) is 0 Å². The summed E-state index contributed by atoms with van der Waals surface area (Å²) in [4.78, 5) is 14.2. The molecule has 1 aromatic rings. The molecule has 0 spiro atoms. The highest BCUT2D eigenvalue weighted by Gasteiger charge is 2.44. The van der Waals surface area contributed by atoms with Gasteiger partial charge in [-0.2, -0.15) is 0 Å². The lowest BCUT2D eigenvalue weighted by Crippen LogP contribution is -2.34. The molecule has 1 amide bonds. The minimum absolute atomic E-state index is 0.0566. The second-order valence-corrected chi connectivity index (χ2v) is 5.69. The molecule has 1 aliphatic heterocycles. The van der Waals surface area contributed by atoms with Gasteiger partial charge < -0.3 is 14.7 Å². The molecule has 0 aliphatic carbocycles. The van der Waals surface area contributed by atoms with Crippen molar-refractivity contribution in [2.24, 2.45) is 5.41 Å². The van der Waals surface area contributed by atoms with Crippen molar-refractivity contribution in [2.75, 3.05) is 26.9 Å². The van der Waals surface area contributed by atoms with Crippen LogP contribution in [-0.2, 0) is 9.53 Å². The number of aliphatic hydroxyl groups is 1. The molecule has 2 atom stereocenters. The monoisotopic (exact) mass is 277 g/mol. The summed E-state index contributed by atoms with van der Waals surface area (Å²) < 4.78 is 5.27. The maximum absolute atomic E-state index is 12.3. The lowest BCUT2D eigenvalue weighted by Gasteiger charge is -2.30. The average molecular weight is 277 g/mol. The number of rotatable bonds is 6. The second-order valence-electron chi connectivity index (χ2n) is 5.69. The lowest BCUT2D eigenvalue weighted by molar-refractivity contribution is -0.129. The van der Waals surface area contributed by atoms with Crippen LogP contribution >= 0.6 is 0 Å². The van der Waals surface area contributed by atoms with Crippen molar-refractivity contribution >= 4 is 5.91 Å². The van der Waals surface area contributed by atoms with E-state index in [1.54, 1.807) is 7.11 Å². The lowest BCUT2D eigenvalue weighted by atomic mass is 9.84. The minimum atomic E-state index is -0.246. The molecule has 1 heterocycles. The predicted octanol–water partition coefficient (Wildman–Crippen LogP) is 2.00. The molecular formula is C16H23NO3. The maximum Gasteiger partial charge on any atom is 0.223 e. The summed E-state index contributed by atoms with van der Waals surface area (Å²) in [6.07, 6.45) is 1.06. The summed E-state index contributed by atoms with van der Waals surface area (Å²) in [7, 11) is 1.65. The van der Waals surface area contributed by atoms with E-state index in [0.29, 0.717) is 26.0 Å². The van der Waals surface area contributed by atoms with Gasteiger partial charge in [-0.1, -0.05) is 30.3 Å². The quantitative estimate of drug-likeness (QED) is 0.865. The molecule has 1 fully saturated rings. The van der Waals surface area contributed by atoms with Crippen LogP contribution in [0.15, 0.2) is 30.3 Å². The number of methoxy groups -OCH3 is 1. The summed E-state index contributed by atoms with van der Waals surface area (Å²) in [6.45, 7) is 3.30. The van der Waals surface area contributed by atoms with E-state index in [9.17, 15) is 9.90 Å². The van der Waals surface area contributed by atoms with E-state index in [2.05, 4.69) is 6.92 Å². The van der Waals surface area contributed by atoms with Crippen LogP contribution < -0.4 is 0 Å². The fraction of sp³-hybridized carbons (Fsp3) is 0.562. The van der Waals surface area contributed by atoms with Crippen molar-refractivity contribution in [3.05, 3.63) is 35.9 Å². The Balaban J connectivity index is 2.15. The van der Waals surface area contributed by atoms with E-state index in [-0.39, 0.29) is 24.0 Å². The van der Waals surface area contributed by atoms with Crippen molar-refractivity contribution in [3.8, 4) is 0 Å². The van der Waals surface area contributed by atoms with E-state index in [1.165, 1.54) is 0 Å². The maximum atomic E-state index is 12.3. The molecule has 4 nitrogen and oxygen atoms in total. The molecule has 0 radical (unpaired) electrons. The summed E-state index contributed by atoms with van der Waals surface area (Å²) in [5.74, 6) is 0.145. The molecule has 1 N–H and O–H groups in total. The third kappa shape index (κ3) is 3.02. The van der Waals surface area contributed by atoms with Gasteiger partial charge in [-0.15, -0.1) is 0 Å². The van der Waals surface area contributed by atoms with E-state index in [1.807, 2.05) is 35.2 Å². The van der Waals surface area contributed by atoms with Gasteiger partial charge >= 0.3 is 0 Å². The van der Waals surface area contributed by atoms with Gasteiger partial charge in [0, 0.05) is 32.1 Å². The predicted molar refractivity (Wildman–Crippen MR) is 77.2 cm³/mol. The van der Waals surface area contributed by atoms with Gasteiger partial charge in [0.2, 0.25) is 5.91 Å². The third-order valence-corrected chi connectivity index (χ3v) is 4.19. The van der Waals surface area contributed by atoms with Crippen molar-refractivity contribution in [3.63, 3.8) is 0 Å². The molecule has 0 bridgehead atoms. The first kappa shape index (κ1) is 15.0. The molecule has 110 valence electrons. The first-order valence-corrected chi connectivity index (χ1v) is 7.06. The Bertz CT molecular complexity index is 440. The Hall–Kier alpha value is -1.39. The summed E-state index contributed by atoms with van der Waals surface area (Å²) >= 11 is 0. The molecule has 2 rings (SSSR count). The zero-order valence-corrected chi connectivity index (χ0v) is 12.2. The molecule has 4 heteroatoms. The Labute approximate surface area is 120 Å². The van der Waals surface area contributed by atoms with Crippen LogP contribution in [0.3, 0.4) is 0 Å². The SMILES string of the molecule is COC[C@]1(CCO)CC(=O)N(C(C)c2ccccc2)C1. The number of hydrogen-bond donors (Lipinski definition) is 1. The van der Waals surface area contributed by atoms with Gasteiger partial charge in [-0.3, -0.25) is 4.79 Å². The topological polar surface area (TPSA) is 49.8 Å². The number of carbonyl (C=O) groups is 1. The van der Waals surface area contributed by atoms with Crippen LogP contribution in [0, 0.1) is 5.41 Å². The standard InChI is InChI=1S/C16H23NO3/c1-13(14-6-4-3-5-7-14)17-11-16(8-9-18,12-20-2)10-15(17)19/h3-7,13,18H,8-12H2,1-2H3/t13?,16-/m1/s1. The number of amides is 1. The Morgan fingerprint density at radius 2 is 2.10 bits per heavy atom. The molecule has 0 saturated carbocycles. The second kappa shape index (κ2) is 6.37. The average Bonchev–Trinajstić information content (AvgIpc) is 2.76. The molecule has 20 heavy (non-hydrogen) atoms. The number of ether oxygens (including phenoxy) is 1. The van der Waals surface area contributed by atoms with E-state index in [0.717, 1.165) is 5.56 Å². The minimum Gasteiger partial charge on any atom is -0.396 e. The molecule has 1 unspecified atom stereocenters. The number of nitrogens with zero attached hydrogens (tertiary/aromatic N) is 1. The van der Waals surface area contributed by atoms with Crippen LogP contribution in [0.5, 0.6) is 0 Å². The third-order valence-electron chi connectivity index (χ3n) is 4.19. The summed E-state index contributed by atoms with van der Waals surface area (Å²) in [5, 5.41) is 9.26. The summed E-state index contributed by atoms with van der Waals surface area (Å²) in [5.41, 5.74) is 0.891. The smallest absolute Gasteiger partial charge is 0.223 e. The Morgan fingerprint density at radius 1 is 1.40 bits per heavy atom. The van der Waals surface area contributed by atoms with E-state index in [4.69, 9.17) is 4.74 Å². The van der Waals surface area contributed by atoms with Crippen LogP contribution in [0.1, 0.15) is 31.4 Å². The largest absolute Gasteiger partial charge is 0.396 e. The van der Waals surface area contributed by atoms with Crippen molar-refractivity contribution in [2.45, 2.75) is 25.8 Å². The number of hydrogen-bond acceptors (Lipinski definition) is 3. The highest BCUT2D eigenvalue weighted by molar-refractivity contribution is 5.80. The number of aliphatic hydroxyl groups excluding tert-OH is 1. The first-order chi connectivity index (χ1) is 9.62. The zero-order valence-electron chi connectivity index (χ0n) is 12.2. The van der Waals surface area contributed by atoms with Crippen molar-refractivity contribution < 1.29 is 14.6 Å². The first-order valence-electron chi connectivity index (χ1n) is 7.06. The van der Waals surface area contributed by atoms with Crippen molar-refractivity contribution in [1.82, 2.24) is 4.90 Å². The Kier molecular flexibility index (Phi) is 4.78. The van der Waals surface area contributed by atoms with E-state index >= 15 is 0 Å². The van der Waals surface area contributed by atoms with Crippen LogP contribution in [0.25, 0.3) is 0 Å². The summed E-state index contributed by atoms with van der Waals surface area (Å²) in [6, 6.07) is 10.1. The highest BCUT2D eigenvalue weighted by Crippen LogP contribution is 2.39. The van der Waals surface area contributed by atoms with Gasteiger partial charge in [0.05, 0.1) is 12.6 Å². The van der Waals surface area contributed by atoms with Crippen LogP contribution in [-0.4, -0.2) is 42.8 Å². The molecule has 0 aromatic heterocycles. The van der Waals surface area contributed by atoms with Crippen LogP contribution in [0.2, 0.25) is 0 Å². The molecule has 1 aromatic carbocycles. The number of benzene rings is 1. The number of carbonyl (C=O) groups excluding carboxylic acids is 1. The fourth-order valence-corrected chi connectivity index (χ4v) is 3.07. The normalized spacial score (nSPS) is 24.1. The van der Waals surface area contributed by atoms with Crippen LogP contribution in [0.4, 0.5) is 0 Å². The van der Waals surface area contributed by atoms with Gasteiger partial charge in [0.25, 0.3) is 0 Å².